The highest BCUT2D eigenvalue weighted by molar-refractivity contribution is 6.12. The van der Waals surface area contributed by atoms with E-state index in [-0.39, 0.29) is 16.2 Å². The van der Waals surface area contributed by atoms with Crippen LogP contribution < -0.4 is 14.7 Å². The maximum absolute atomic E-state index is 2.49. The predicted octanol–water partition coefficient (Wildman–Crippen LogP) is 35.2. The summed E-state index contributed by atoms with van der Waals surface area (Å²) in [6.45, 7) is 14.1. The minimum atomic E-state index is -0.498. The Kier molecular flexibility index (Phi) is 20.2. The van der Waals surface area contributed by atoms with Crippen LogP contribution in [0.1, 0.15) is 97.2 Å². The van der Waals surface area contributed by atoms with Crippen LogP contribution in [0.3, 0.4) is 0 Å². The lowest BCUT2D eigenvalue weighted by Gasteiger charge is -2.35. The molecule has 4 aliphatic rings. The van der Waals surface area contributed by atoms with Gasteiger partial charge in [0.2, 0.25) is 0 Å². The lowest BCUT2D eigenvalue weighted by molar-refractivity contribution is 0.660. The van der Waals surface area contributed by atoms with Crippen molar-refractivity contribution in [2.75, 3.05) is 14.7 Å². The molecular formula is C130H99N3. The van der Waals surface area contributed by atoms with Crippen LogP contribution in [-0.4, -0.2) is 0 Å². The number of hydrogen-bond donors (Lipinski definition) is 0. The quantitative estimate of drug-likeness (QED) is 0.107. The van der Waals surface area contributed by atoms with E-state index in [1.54, 1.807) is 0 Å². The van der Waals surface area contributed by atoms with Gasteiger partial charge in [-0.25, -0.2) is 0 Å². The average molecular weight is 1700 g/mol. The fourth-order valence-corrected chi connectivity index (χ4v) is 22.5. The van der Waals surface area contributed by atoms with Gasteiger partial charge >= 0.3 is 0 Å². The van der Waals surface area contributed by atoms with Crippen LogP contribution in [0, 0.1) is 0 Å². The molecule has 0 spiro atoms. The van der Waals surface area contributed by atoms with Crippen LogP contribution in [0.25, 0.3) is 110 Å². The summed E-state index contributed by atoms with van der Waals surface area (Å²) in [6, 6.07) is 180. The number of hydrogen-bond acceptors (Lipinski definition) is 3. The van der Waals surface area contributed by atoms with E-state index in [0.717, 1.165) is 39.8 Å². The van der Waals surface area contributed by atoms with Gasteiger partial charge < -0.3 is 14.7 Å². The van der Waals surface area contributed by atoms with Gasteiger partial charge in [-0.1, -0.05) is 442 Å². The van der Waals surface area contributed by atoms with Gasteiger partial charge in [0.05, 0.1) is 22.5 Å². The van der Waals surface area contributed by atoms with Crippen molar-refractivity contribution in [3.05, 3.63) is 547 Å². The zero-order chi connectivity index (χ0) is 89.5. The SMILES string of the molecule is CC1(C)c2ccccc2-c2c1ccc1c(N(c3ccc(-c4ccccc4)cc3)c3ccc(-c4ccccc4)cc3)cccc21.CC1(C)c2ccccc2-c2c1ccc1c(N(c3ccc(-c4ccccc4)cc3)c3ccc4c(c3)C(c3ccccc3)(c3ccccc3)c3ccccc3-4)cccc21.CC1(C)c2ccccc2-c2c1ccc1c(N(c3ccccc3)c3ccccc3)cccc21. The van der Waals surface area contributed by atoms with Crippen molar-refractivity contribution in [2.24, 2.45) is 0 Å². The summed E-state index contributed by atoms with van der Waals surface area (Å²) in [5, 5.41) is 7.65. The lowest BCUT2D eigenvalue weighted by Crippen LogP contribution is -2.28. The monoisotopic (exact) mass is 1700 g/mol. The molecule has 0 fully saturated rings. The highest BCUT2D eigenvalue weighted by atomic mass is 15.2. The van der Waals surface area contributed by atoms with Crippen molar-refractivity contribution >= 4 is 83.5 Å². The van der Waals surface area contributed by atoms with E-state index in [0.29, 0.717) is 0 Å². The number of benzene rings is 21. The van der Waals surface area contributed by atoms with E-state index >= 15 is 0 Å². The largest absolute Gasteiger partial charge is 0.310 e. The smallest absolute Gasteiger partial charge is 0.0714 e. The molecule has 0 radical (unpaired) electrons. The standard InChI is InChI=1S/C56H41N.C43H33N.C31H25N/c1-55(2)49-26-14-13-24-48(49)54-47-25-16-28-53(46(47)35-36-51(54)55)57(42-31-29-39(30-32-42)38-17-6-3-7-18-38)43-33-34-45-44-23-12-15-27-50(44)56(52(45)37-43,40-19-8-4-9-20-40)41-21-10-5-11-22-41;1-43(2)39-18-10-9-16-38(39)42-37-17-11-19-41(36(37)28-29-40(42)43)44(34-24-20-32(21-25-34)30-12-5-3-6-13-30)35-26-22-33(23-27-35)31-14-7-4-8-15-31;1-31(2)27-18-10-9-16-26(27)30-25-17-11-19-29(24(25)20-21-28(30)31)32(22-12-5-3-6-13-22)23-14-7-4-8-15-23/h3-37H,1-2H3;3-29H,1-2H3;3-21H,1-2H3. The van der Waals surface area contributed by atoms with Crippen LogP contribution in [-0.2, 0) is 21.7 Å². The average Bonchev–Trinajstić information content (AvgIpc) is 1.55. The second-order valence-corrected chi connectivity index (χ2v) is 37.3. The first-order valence-electron chi connectivity index (χ1n) is 46.6. The number of fused-ring (bicyclic) bond motifs is 18. The van der Waals surface area contributed by atoms with Gasteiger partial charge in [0.1, 0.15) is 0 Å². The van der Waals surface area contributed by atoms with Crippen molar-refractivity contribution in [1.82, 2.24) is 0 Å². The number of nitrogens with zero attached hydrogens (tertiary/aromatic N) is 3. The maximum atomic E-state index is 2.49. The van der Waals surface area contributed by atoms with E-state index in [2.05, 4.69) is 548 Å². The second-order valence-electron chi connectivity index (χ2n) is 37.3. The Bertz CT molecular complexity index is 7800. The molecule has 0 unspecified atom stereocenters. The molecular weight excluding hydrogens is 1600 g/mol. The Morgan fingerprint density at radius 2 is 0.398 bits per heavy atom. The highest BCUT2D eigenvalue weighted by Crippen LogP contribution is 2.61. The minimum absolute atomic E-state index is 0.00860. The number of anilines is 9. The summed E-state index contributed by atoms with van der Waals surface area (Å²) in [7, 11) is 0. The third-order valence-electron chi connectivity index (χ3n) is 28.9. The van der Waals surface area contributed by atoms with Crippen LogP contribution >= 0.6 is 0 Å². The van der Waals surface area contributed by atoms with Crippen molar-refractivity contribution in [1.29, 1.82) is 0 Å². The third kappa shape index (κ3) is 13.6. The normalized spacial score (nSPS) is 13.6. The molecule has 3 nitrogen and oxygen atoms in total. The van der Waals surface area contributed by atoms with Gasteiger partial charge in [-0.2, -0.15) is 0 Å². The zero-order valence-corrected chi connectivity index (χ0v) is 75.6. The number of para-hydroxylation sites is 2. The van der Waals surface area contributed by atoms with Crippen molar-refractivity contribution in [3.63, 3.8) is 0 Å². The maximum Gasteiger partial charge on any atom is 0.0714 e. The molecule has 21 aromatic rings. The van der Waals surface area contributed by atoms with Gasteiger partial charge in [0, 0.05) is 66.5 Å². The fraction of sp³-hybridized carbons (Fsp3) is 0.0769. The van der Waals surface area contributed by atoms with Crippen molar-refractivity contribution < 1.29 is 0 Å². The molecule has 0 aliphatic heterocycles. The molecule has 25 rings (SSSR count). The van der Waals surface area contributed by atoms with E-state index < -0.39 is 5.41 Å². The molecule has 0 atom stereocenters. The van der Waals surface area contributed by atoms with Crippen molar-refractivity contribution in [3.8, 4) is 77.9 Å². The Morgan fingerprint density at radius 1 is 0.150 bits per heavy atom. The summed E-state index contributed by atoms with van der Waals surface area (Å²) in [6.07, 6.45) is 0. The van der Waals surface area contributed by atoms with E-state index in [1.807, 2.05) is 0 Å². The Hall–Kier alpha value is -16.2. The highest BCUT2D eigenvalue weighted by Gasteiger charge is 2.47. The molecule has 3 heteroatoms. The summed E-state index contributed by atoms with van der Waals surface area (Å²) in [5.41, 5.74) is 41.3. The molecule has 133 heavy (non-hydrogen) atoms. The van der Waals surface area contributed by atoms with Gasteiger partial charge in [-0.15, -0.1) is 0 Å². The van der Waals surface area contributed by atoms with Crippen LogP contribution in [0.2, 0.25) is 0 Å². The summed E-state index contributed by atoms with van der Waals surface area (Å²) in [5.74, 6) is 0. The van der Waals surface area contributed by atoms with Gasteiger partial charge in [0.25, 0.3) is 0 Å². The van der Waals surface area contributed by atoms with Crippen LogP contribution in [0.4, 0.5) is 51.2 Å². The van der Waals surface area contributed by atoms with E-state index in [4.69, 9.17) is 0 Å². The minimum Gasteiger partial charge on any atom is -0.310 e. The van der Waals surface area contributed by atoms with Crippen molar-refractivity contribution in [2.45, 2.75) is 63.2 Å². The van der Waals surface area contributed by atoms with Crippen LogP contribution in [0.5, 0.6) is 0 Å². The third-order valence-corrected chi connectivity index (χ3v) is 28.9. The van der Waals surface area contributed by atoms with E-state index in [1.165, 1.54) is 177 Å². The Balaban J connectivity index is 0.000000118. The summed E-state index contributed by atoms with van der Waals surface area (Å²) in [4.78, 5) is 7.25. The van der Waals surface area contributed by atoms with E-state index in [9.17, 15) is 0 Å². The zero-order valence-electron chi connectivity index (χ0n) is 75.6. The predicted molar refractivity (Wildman–Crippen MR) is 562 cm³/mol. The van der Waals surface area contributed by atoms with Gasteiger partial charge in [-0.3, -0.25) is 0 Å². The van der Waals surface area contributed by atoms with Gasteiger partial charge in [-0.05, 0) is 241 Å². The summed E-state index contributed by atoms with van der Waals surface area (Å²) >= 11 is 0. The number of rotatable bonds is 14. The molecule has 0 heterocycles. The fourth-order valence-electron chi connectivity index (χ4n) is 22.5. The van der Waals surface area contributed by atoms with Gasteiger partial charge in [0.15, 0.2) is 0 Å². The molecule has 0 N–H and O–H groups in total. The second kappa shape index (κ2) is 33.1. The molecule has 4 aliphatic carbocycles. The Labute approximate surface area is 780 Å². The van der Waals surface area contributed by atoms with Crippen LogP contribution in [0.15, 0.2) is 491 Å². The molecule has 634 valence electrons. The first-order chi connectivity index (χ1) is 65.3. The topological polar surface area (TPSA) is 9.72 Å². The molecule has 0 saturated carbocycles. The Morgan fingerprint density at radius 3 is 0.729 bits per heavy atom. The molecule has 0 amide bonds. The molecule has 0 aromatic heterocycles. The molecule has 21 aromatic carbocycles. The summed E-state index contributed by atoms with van der Waals surface area (Å²) < 4.78 is 0. The molecule has 0 saturated heterocycles. The first kappa shape index (κ1) is 81.3. The molecule has 0 bridgehead atoms. The first-order valence-corrected chi connectivity index (χ1v) is 46.6. The lowest BCUT2D eigenvalue weighted by atomic mass is 9.67.